The van der Waals surface area contributed by atoms with E-state index in [1.165, 1.54) is 0 Å². The summed E-state index contributed by atoms with van der Waals surface area (Å²) in [5.41, 5.74) is 1.62. The molecule has 0 amide bonds. The molecule has 0 atom stereocenters. The van der Waals surface area contributed by atoms with Crippen LogP contribution in [0.2, 0.25) is 0 Å². The largest absolute Gasteiger partial charge is 0.302 e. The van der Waals surface area contributed by atoms with Gasteiger partial charge in [-0.25, -0.2) is 0 Å². The van der Waals surface area contributed by atoms with Crippen LogP contribution in [0.25, 0.3) is 0 Å². The minimum Gasteiger partial charge on any atom is -0.302 e. The zero-order valence-corrected chi connectivity index (χ0v) is 5.90. The maximum atomic E-state index is 10.9. The van der Waals surface area contributed by atoms with Gasteiger partial charge in [-0.15, -0.1) is 6.58 Å². The highest BCUT2D eigenvalue weighted by Gasteiger charge is 2.01. The lowest BCUT2D eigenvalue weighted by molar-refractivity contribution is 1.02. The summed E-state index contributed by atoms with van der Waals surface area (Å²) < 4.78 is 0. The highest BCUT2D eigenvalue weighted by Crippen LogP contribution is 1.97. The normalized spacial score (nSPS) is 9.70. The van der Waals surface area contributed by atoms with E-state index >= 15 is 0 Å². The summed E-state index contributed by atoms with van der Waals surface area (Å²) in [5, 5.41) is 5.23. The number of hydrogen-bond acceptors (Lipinski definition) is 1. The average Bonchev–Trinajstić information content (AvgIpc) is 2.20. The molecule has 0 aromatic carbocycles. The first kappa shape index (κ1) is 6.86. The van der Waals surface area contributed by atoms with Crippen molar-refractivity contribution in [1.82, 2.24) is 10.2 Å². The van der Waals surface area contributed by atoms with Crippen LogP contribution < -0.4 is 5.56 Å². The van der Waals surface area contributed by atoms with Crippen LogP contribution in [0.5, 0.6) is 0 Å². The molecule has 1 aromatic heterocycles. The fourth-order valence-corrected chi connectivity index (χ4v) is 0.862. The molecule has 0 bridgehead atoms. The van der Waals surface area contributed by atoms with Gasteiger partial charge in [-0.05, 0) is 13.3 Å². The standard InChI is InChI=1S/C7H10N2O/c1-3-4-6-5(2)8-9-7(6)10/h3H,1,4H2,2H3,(H2,8,9,10). The summed E-state index contributed by atoms with van der Waals surface area (Å²) in [6.07, 6.45) is 2.34. The van der Waals surface area contributed by atoms with Gasteiger partial charge in [0.2, 0.25) is 0 Å². The highest BCUT2D eigenvalue weighted by molar-refractivity contribution is 5.17. The molecule has 3 heteroatoms. The van der Waals surface area contributed by atoms with Crippen molar-refractivity contribution >= 4 is 0 Å². The van der Waals surface area contributed by atoms with Crippen LogP contribution in [0, 0.1) is 6.92 Å². The topological polar surface area (TPSA) is 48.6 Å². The Kier molecular flexibility index (Phi) is 1.76. The fraction of sp³-hybridized carbons (Fsp3) is 0.286. The summed E-state index contributed by atoms with van der Waals surface area (Å²) in [7, 11) is 0. The van der Waals surface area contributed by atoms with Crippen LogP contribution in [-0.2, 0) is 6.42 Å². The fourth-order valence-electron chi connectivity index (χ4n) is 0.862. The third-order valence-electron chi connectivity index (χ3n) is 1.44. The van der Waals surface area contributed by atoms with Crippen molar-refractivity contribution in [2.75, 3.05) is 0 Å². The second-order valence-corrected chi connectivity index (χ2v) is 2.18. The van der Waals surface area contributed by atoms with E-state index in [1.807, 2.05) is 6.92 Å². The Labute approximate surface area is 58.8 Å². The predicted octanol–water partition coefficient (Wildman–Crippen LogP) is 0.740. The van der Waals surface area contributed by atoms with Crippen molar-refractivity contribution in [2.24, 2.45) is 0 Å². The van der Waals surface area contributed by atoms with Gasteiger partial charge in [-0.2, -0.15) is 0 Å². The van der Waals surface area contributed by atoms with Crippen molar-refractivity contribution in [3.05, 3.63) is 34.3 Å². The molecule has 1 aromatic rings. The van der Waals surface area contributed by atoms with E-state index < -0.39 is 0 Å². The van der Waals surface area contributed by atoms with Gasteiger partial charge in [0, 0.05) is 11.3 Å². The van der Waals surface area contributed by atoms with E-state index in [1.54, 1.807) is 6.08 Å². The monoisotopic (exact) mass is 138 g/mol. The molecule has 0 aliphatic carbocycles. The molecule has 1 rings (SSSR count). The maximum absolute atomic E-state index is 10.9. The number of allylic oxidation sites excluding steroid dienone is 1. The number of nitrogens with one attached hydrogen (secondary N) is 2. The van der Waals surface area contributed by atoms with Gasteiger partial charge in [0.05, 0.1) is 0 Å². The Morgan fingerprint density at radius 1 is 1.60 bits per heavy atom. The molecule has 0 saturated carbocycles. The van der Waals surface area contributed by atoms with E-state index in [9.17, 15) is 4.79 Å². The number of aryl methyl sites for hydroxylation is 1. The lowest BCUT2D eigenvalue weighted by Gasteiger charge is -1.87. The average molecular weight is 138 g/mol. The molecule has 0 fully saturated rings. The van der Waals surface area contributed by atoms with Gasteiger partial charge >= 0.3 is 0 Å². The molecule has 1 heterocycles. The summed E-state index contributed by atoms with van der Waals surface area (Å²) in [4.78, 5) is 10.9. The molecular formula is C7H10N2O. The maximum Gasteiger partial charge on any atom is 0.267 e. The van der Waals surface area contributed by atoms with Crippen LogP contribution in [0.4, 0.5) is 0 Å². The first-order valence-corrected chi connectivity index (χ1v) is 3.12. The molecule has 2 N–H and O–H groups in total. The SMILES string of the molecule is C=CCc1c(C)[nH][nH]c1=O. The Balaban J connectivity index is 3.10. The first-order chi connectivity index (χ1) is 4.75. The summed E-state index contributed by atoms with van der Waals surface area (Å²) in [6.45, 7) is 5.41. The molecule has 54 valence electrons. The van der Waals surface area contributed by atoms with Crippen molar-refractivity contribution < 1.29 is 0 Å². The highest BCUT2D eigenvalue weighted by atomic mass is 16.1. The molecule has 0 saturated heterocycles. The van der Waals surface area contributed by atoms with Gasteiger partial charge < -0.3 is 5.10 Å². The number of hydrogen-bond donors (Lipinski definition) is 2. The van der Waals surface area contributed by atoms with Crippen LogP contribution >= 0.6 is 0 Å². The third kappa shape index (κ3) is 1.03. The number of aromatic amines is 2. The number of rotatable bonds is 2. The molecule has 10 heavy (non-hydrogen) atoms. The quantitative estimate of drug-likeness (QED) is 0.582. The second-order valence-electron chi connectivity index (χ2n) is 2.18. The molecule has 3 nitrogen and oxygen atoms in total. The Hall–Kier alpha value is -1.25. The van der Waals surface area contributed by atoms with Crippen LogP contribution in [-0.4, -0.2) is 10.2 Å². The summed E-state index contributed by atoms with van der Waals surface area (Å²) in [5.74, 6) is 0. The minimum absolute atomic E-state index is 0.0441. The molecular weight excluding hydrogens is 128 g/mol. The van der Waals surface area contributed by atoms with Gasteiger partial charge in [0.15, 0.2) is 0 Å². The van der Waals surface area contributed by atoms with Crippen LogP contribution in [0.15, 0.2) is 17.4 Å². The van der Waals surface area contributed by atoms with Crippen molar-refractivity contribution in [3.63, 3.8) is 0 Å². The summed E-state index contributed by atoms with van der Waals surface area (Å²) in [6, 6.07) is 0. The summed E-state index contributed by atoms with van der Waals surface area (Å²) >= 11 is 0. The van der Waals surface area contributed by atoms with Gasteiger partial charge in [0.1, 0.15) is 0 Å². The zero-order chi connectivity index (χ0) is 7.56. The molecule has 0 aliphatic heterocycles. The Morgan fingerprint density at radius 3 is 2.70 bits per heavy atom. The number of H-pyrrole nitrogens is 2. The van der Waals surface area contributed by atoms with Crippen molar-refractivity contribution in [3.8, 4) is 0 Å². The van der Waals surface area contributed by atoms with Gasteiger partial charge in [-0.3, -0.25) is 9.89 Å². The molecule has 0 spiro atoms. The van der Waals surface area contributed by atoms with Crippen molar-refractivity contribution in [2.45, 2.75) is 13.3 Å². The van der Waals surface area contributed by atoms with Crippen LogP contribution in [0.3, 0.4) is 0 Å². The van der Waals surface area contributed by atoms with E-state index in [0.717, 1.165) is 11.3 Å². The van der Waals surface area contributed by atoms with Gasteiger partial charge in [0.25, 0.3) is 5.56 Å². The predicted molar refractivity (Wildman–Crippen MR) is 40.1 cm³/mol. The van der Waals surface area contributed by atoms with E-state index in [0.29, 0.717) is 6.42 Å². The van der Waals surface area contributed by atoms with E-state index in [-0.39, 0.29) is 5.56 Å². The first-order valence-electron chi connectivity index (χ1n) is 3.12. The molecule has 0 aliphatic rings. The lowest BCUT2D eigenvalue weighted by atomic mass is 10.2. The second kappa shape index (κ2) is 2.56. The Morgan fingerprint density at radius 2 is 2.30 bits per heavy atom. The smallest absolute Gasteiger partial charge is 0.267 e. The molecule has 0 radical (unpaired) electrons. The minimum atomic E-state index is -0.0441. The Bertz CT molecular complexity index is 282. The lowest BCUT2D eigenvalue weighted by Crippen LogP contribution is -2.04. The van der Waals surface area contributed by atoms with E-state index in [4.69, 9.17) is 0 Å². The van der Waals surface area contributed by atoms with Gasteiger partial charge in [-0.1, -0.05) is 6.08 Å². The number of aromatic nitrogens is 2. The molecule has 0 unspecified atom stereocenters. The zero-order valence-electron chi connectivity index (χ0n) is 5.90. The van der Waals surface area contributed by atoms with Crippen LogP contribution in [0.1, 0.15) is 11.3 Å². The van der Waals surface area contributed by atoms with Crippen molar-refractivity contribution in [1.29, 1.82) is 0 Å². The van der Waals surface area contributed by atoms with E-state index in [2.05, 4.69) is 16.8 Å². The third-order valence-corrected chi connectivity index (χ3v) is 1.44.